The first-order valence-corrected chi connectivity index (χ1v) is 11.9. The molecule has 2 rings (SSSR count). The summed E-state index contributed by atoms with van der Waals surface area (Å²) in [6.07, 6.45) is 8.17. The Bertz CT molecular complexity index is 823. The number of nitrogens with one attached hydrogen (secondary N) is 1. The second kappa shape index (κ2) is 16.6. The molecule has 1 fully saturated rings. The second-order valence-corrected chi connectivity index (χ2v) is 8.38. The van der Waals surface area contributed by atoms with Crippen molar-refractivity contribution in [2.45, 2.75) is 79.3 Å². The van der Waals surface area contributed by atoms with E-state index in [1.54, 1.807) is 39.0 Å². The molecule has 1 aromatic rings. The number of allylic oxidation sites excluding steroid dienone is 8. The van der Waals surface area contributed by atoms with Gasteiger partial charge < -0.3 is 5.41 Å². The summed E-state index contributed by atoms with van der Waals surface area (Å²) in [5.41, 5.74) is 3.30. The van der Waals surface area contributed by atoms with E-state index in [1.807, 2.05) is 6.92 Å². The van der Waals surface area contributed by atoms with Crippen molar-refractivity contribution in [2.75, 3.05) is 0 Å². The van der Waals surface area contributed by atoms with Crippen LogP contribution in [-0.4, -0.2) is 11.9 Å². The van der Waals surface area contributed by atoms with Gasteiger partial charge in [0.2, 0.25) is 0 Å². The van der Waals surface area contributed by atoms with Gasteiger partial charge in [0, 0.05) is 5.71 Å². The topological polar surface area (TPSA) is 23.9 Å². The molecule has 1 aliphatic carbocycles. The Morgan fingerprint density at radius 2 is 1.64 bits per heavy atom. The molecular weight excluding hydrogens is 445 g/mol. The Kier molecular flexibility index (Phi) is 15.6. The lowest BCUT2D eigenvalue weighted by Crippen LogP contribution is -2.10. The molecule has 0 saturated heterocycles. The summed E-state index contributed by atoms with van der Waals surface area (Å²) in [5, 5.41) is 8.36. The summed E-state index contributed by atoms with van der Waals surface area (Å²) in [7, 11) is 2.41. The van der Waals surface area contributed by atoms with Crippen LogP contribution in [0.15, 0.2) is 70.6 Å². The predicted molar refractivity (Wildman–Crippen MR) is 137 cm³/mol. The number of hydrogen-bond donors (Lipinski definition) is 1. The van der Waals surface area contributed by atoms with Crippen molar-refractivity contribution in [1.29, 1.82) is 5.41 Å². The maximum Gasteiger partial charge on any atom is 0.416 e. The lowest BCUT2D eigenvalue weighted by atomic mass is 9.92. The summed E-state index contributed by atoms with van der Waals surface area (Å²) in [6, 6.07) is 6.40. The van der Waals surface area contributed by atoms with E-state index in [1.165, 1.54) is 42.7 Å². The van der Waals surface area contributed by atoms with E-state index in [0.717, 1.165) is 35.9 Å². The molecule has 1 saturated carbocycles. The van der Waals surface area contributed by atoms with E-state index < -0.39 is 11.7 Å². The Labute approximate surface area is 199 Å². The summed E-state index contributed by atoms with van der Waals surface area (Å²) in [6.45, 7) is 9.20. The third-order valence-corrected chi connectivity index (χ3v) is 5.65. The van der Waals surface area contributed by atoms with Crippen LogP contribution < -0.4 is 0 Å². The molecule has 1 unspecified atom stereocenters. The standard InChI is InChI=1S/C11H16F3P.C9H15N.C7H7F/c1-4-6-9(11(12,13)14)7-8(3)10(15)5-2;1-2-5-8-6-3-4-7-9(8)10;1-6-2-4-7(8)5-3-6/h5-7H,4,15H2,1-3H3;5,10H,2-4,6-7H2,1H3;2-5H,1H3/b8-7-,9-6-,10-5+;8-5-,10-9?;. The van der Waals surface area contributed by atoms with Crippen LogP contribution in [0.2, 0.25) is 0 Å². The van der Waals surface area contributed by atoms with Gasteiger partial charge in [0.1, 0.15) is 5.82 Å². The molecule has 0 heterocycles. The summed E-state index contributed by atoms with van der Waals surface area (Å²) < 4.78 is 49.6. The van der Waals surface area contributed by atoms with Crippen molar-refractivity contribution < 1.29 is 17.6 Å². The van der Waals surface area contributed by atoms with Gasteiger partial charge in [-0.15, -0.1) is 9.24 Å². The average Bonchev–Trinajstić information content (AvgIpc) is 2.77. The van der Waals surface area contributed by atoms with Crippen LogP contribution in [0.1, 0.15) is 71.8 Å². The molecule has 1 nitrogen and oxygen atoms in total. The fraction of sp³-hybridized carbons (Fsp3) is 0.444. The van der Waals surface area contributed by atoms with Gasteiger partial charge in [0.05, 0.1) is 5.57 Å². The normalized spacial score (nSPS) is 16.6. The molecule has 1 atom stereocenters. The highest BCUT2D eigenvalue weighted by molar-refractivity contribution is 7.23. The van der Waals surface area contributed by atoms with Crippen molar-refractivity contribution >= 4 is 15.0 Å². The van der Waals surface area contributed by atoms with Crippen LogP contribution in [0, 0.1) is 18.2 Å². The van der Waals surface area contributed by atoms with Gasteiger partial charge >= 0.3 is 6.18 Å². The van der Waals surface area contributed by atoms with Crippen molar-refractivity contribution in [3.05, 3.63) is 82.0 Å². The first-order valence-electron chi connectivity index (χ1n) is 11.3. The predicted octanol–water partition coefficient (Wildman–Crippen LogP) is 9.66. The molecular formula is C27H38F4NP. The van der Waals surface area contributed by atoms with Gasteiger partial charge in [-0.3, -0.25) is 0 Å². The van der Waals surface area contributed by atoms with E-state index in [0.29, 0.717) is 12.0 Å². The Morgan fingerprint density at radius 3 is 2.06 bits per heavy atom. The molecule has 0 bridgehead atoms. The molecule has 1 N–H and O–H groups in total. The number of benzene rings is 1. The average molecular weight is 484 g/mol. The molecule has 6 heteroatoms. The molecule has 0 amide bonds. The Hall–Kier alpha value is -2.00. The Morgan fingerprint density at radius 1 is 1.06 bits per heavy atom. The van der Waals surface area contributed by atoms with Gasteiger partial charge in [-0.2, -0.15) is 13.2 Å². The summed E-state index contributed by atoms with van der Waals surface area (Å²) in [4.78, 5) is 0. The number of rotatable bonds is 4. The van der Waals surface area contributed by atoms with Crippen LogP contribution in [0.5, 0.6) is 0 Å². The van der Waals surface area contributed by atoms with Gasteiger partial charge in [-0.05, 0) is 94.0 Å². The van der Waals surface area contributed by atoms with Crippen molar-refractivity contribution in [1.82, 2.24) is 0 Å². The van der Waals surface area contributed by atoms with Crippen LogP contribution in [0.3, 0.4) is 0 Å². The van der Waals surface area contributed by atoms with Crippen molar-refractivity contribution in [3.8, 4) is 0 Å². The number of aryl methyl sites for hydroxylation is 1. The lowest BCUT2D eigenvalue weighted by Gasteiger charge is -2.14. The largest absolute Gasteiger partial charge is 0.416 e. The van der Waals surface area contributed by atoms with E-state index in [4.69, 9.17) is 5.41 Å². The van der Waals surface area contributed by atoms with Crippen molar-refractivity contribution in [2.24, 2.45) is 0 Å². The minimum absolute atomic E-state index is 0.171. The van der Waals surface area contributed by atoms with E-state index >= 15 is 0 Å². The minimum Gasteiger partial charge on any atom is -0.305 e. The molecule has 0 spiro atoms. The lowest BCUT2D eigenvalue weighted by molar-refractivity contribution is -0.0884. The van der Waals surface area contributed by atoms with E-state index in [9.17, 15) is 17.6 Å². The van der Waals surface area contributed by atoms with Crippen LogP contribution in [0.25, 0.3) is 0 Å². The molecule has 1 aliphatic rings. The maximum atomic E-state index is 12.5. The zero-order valence-electron chi connectivity index (χ0n) is 20.5. The van der Waals surface area contributed by atoms with E-state index in [-0.39, 0.29) is 5.82 Å². The highest BCUT2D eigenvalue weighted by Gasteiger charge is 2.31. The van der Waals surface area contributed by atoms with Crippen molar-refractivity contribution in [3.63, 3.8) is 0 Å². The van der Waals surface area contributed by atoms with Crippen LogP contribution in [0.4, 0.5) is 17.6 Å². The highest BCUT2D eigenvalue weighted by atomic mass is 31.0. The van der Waals surface area contributed by atoms with Gasteiger partial charge in [-0.25, -0.2) is 4.39 Å². The first-order chi connectivity index (χ1) is 15.5. The smallest absolute Gasteiger partial charge is 0.305 e. The summed E-state index contributed by atoms with van der Waals surface area (Å²) in [5.74, 6) is -0.171. The third-order valence-electron chi connectivity index (χ3n) is 4.86. The van der Waals surface area contributed by atoms with Gasteiger partial charge in [0.15, 0.2) is 0 Å². The zero-order valence-corrected chi connectivity index (χ0v) is 21.6. The molecule has 0 radical (unpaired) electrons. The molecule has 1 aromatic carbocycles. The Balaban J connectivity index is 0.000000490. The molecule has 0 aliphatic heterocycles. The summed E-state index contributed by atoms with van der Waals surface area (Å²) >= 11 is 0. The first kappa shape index (κ1) is 31.0. The van der Waals surface area contributed by atoms with Gasteiger partial charge in [0.25, 0.3) is 0 Å². The molecule has 0 aromatic heterocycles. The number of hydrogen-bond acceptors (Lipinski definition) is 1. The SMILES string of the molecule is CC/C=C1/CCCCC1=N.C\C=C(P)/C(C)=C\C(=C\CC)C(F)(F)F.Cc1ccc(F)cc1. The number of alkyl halides is 3. The van der Waals surface area contributed by atoms with Gasteiger partial charge in [-0.1, -0.05) is 49.8 Å². The zero-order chi connectivity index (χ0) is 25.4. The highest BCUT2D eigenvalue weighted by Crippen LogP contribution is 2.30. The fourth-order valence-corrected chi connectivity index (χ4v) is 3.04. The van der Waals surface area contributed by atoms with E-state index in [2.05, 4.69) is 22.2 Å². The van der Waals surface area contributed by atoms with Crippen LogP contribution in [-0.2, 0) is 0 Å². The quantitative estimate of drug-likeness (QED) is 0.250. The monoisotopic (exact) mass is 483 g/mol. The third kappa shape index (κ3) is 14.0. The van der Waals surface area contributed by atoms with Crippen LogP contribution >= 0.6 is 9.24 Å². The molecule has 33 heavy (non-hydrogen) atoms. The second-order valence-electron chi connectivity index (χ2n) is 7.76. The minimum atomic E-state index is -4.27. The maximum absolute atomic E-state index is 12.5. The fourth-order valence-electron chi connectivity index (χ4n) is 2.95. The number of halogens is 4. The molecule has 184 valence electrons.